The Morgan fingerprint density at radius 2 is 1.44 bits per heavy atom. The fraction of sp³-hybridized carbons (Fsp3) is 0.595. The van der Waals surface area contributed by atoms with Crippen LogP contribution in [-0.4, -0.2) is 82.8 Å². The van der Waals surface area contributed by atoms with Crippen LogP contribution in [0.3, 0.4) is 0 Å². The molecule has 1 aliphatic carbocycles. The van der Waals surface area contributed by atoms with Crippen molar-refractivity contribution in [1.29, 1.82) is 0 Å². The highest BCUT2D eigenvalue weighted by Crippen LogP contribution is 2.49. The predicted molar refractivity (Wildman–Crippen MR) is 177 cm³/mol. The minimum absolute atomic E-state index is 0.0535. The molecule has 0 N–H and O–H groups in total. The number of piperidine rings is 2. The van der Waals surface area contributed by atoms with Crippen LogP contribution < -0.4 is 4.74 Å². The number of ether oxygens (including phenoxy) is 3. The monoisotopic (exact) mass is 669 g/mol. The van der Waals surface area contributed by atoms with Crippen LogP contribution in [0, 0.1) is 17.0 Å². The molecule has 0 bridgehead atoms. The van der Waals surface area contributed by atoms with Crippen molar-refractivity contribution in [2.24, 2.45) is 5.41 Å². The first kappa shape index (κ1) is 35.4. The fourth-order valence-electron chi connectivity index (χ4n) is 6.70. The summed E-state index contributed by atoms with van der Waals surface area (Å²) in [6.45, 7) is 13.1. The number of rotatable bonds is 7. The van der Waals surface area contributed by atoms with Gasteiger partial charge in [0.2, 0.25) is 5.91 Å². The topological polar surface area (TPSA) is 88.6 Å². The van der Waals surface area contributed by atoms with Gasteiger partial charge in [-0.1, -0.05) is 30.3 Å². The number of carbonyl (C=O) groups excluding carboxylic acids is 3. The summed E-state index contributed by atoms with van der Waals surface area (Å²) in [6, 6.07) is 10.8. The SMILES string of the molecule is CC(C)(C)OC(=O)N1CCC2(CCN(C(=O)CN(C(=O)OC(C)(C)C)[C@@H]3C[C@H]3c3cc(F)cc(F)c3OCc3ccccc3)CC2)CC1. The van der Waals surface area contributed by atoms with E-state index >= 15 is 4.39 Å². The molecule has 1 saturated carbocycles. The van der Waals surface area contributed by atoms with Crippen molar-refractivity contribution < 1.29 is 37.4 Å². The van der Waals surface area contributed by atoms with E-state index in [0.29, 0.717) is 38.2 Å². The molecule has 2 saturated heterocycles. The van der Waals surface area contributed by atoms with Crippen molar-refractivity contribution in [1.82, 2.24) is 14.7 Å². The third kappa shape index (κ3) is 8.96. The van der Waals surface area contributed by atoms with E-state index in [4.69, 9.17) is 14.2 Å². The molecule has 0 radical (unpaired) electrons. The largest absolute Gasteiger partial charge is 0.486 e. The number of amides is 3. The molecule has 3 amide bonds. The maximum atomic E-state index is 15.1. The van der Waals surface area contributed by atoms with Crippen LogP contribution in [0.5, 0.6) is 5.75 Å². The summed E-state index contributed by atoms with van der Waals surface area (Å²) in [5, 5.41) is 0. The Hall–Kier alpha value is -3.89. The van der Waals surface area contributed by atoms with Crippen molar-refractivity contribution in [2.45, 2.75) is 103 Å². The molecule has 2 aromatic carbocycles. The van der Waals surface area contributed by atoms with E-state index in [1.54, 1.807) is 30.6 Å². The molecule has 262 valence electrons. The molecule has 0 aromatic heterocycles. The Kier molecular flexibility index (Phi) is 10.3. The van der Waals surface area contributed by atoms with Gasteiger partial charge in [-0.3, -0.25) is 9.69 Å². The van der Waals surface area contributed by atoms with Crippen molar-refractivity contribution in [3.05, 3.63) is 65.2 Å². The maximum absolute atomic E-state index is 15.1. The Morgan fingerprint density at radius 1 is 0.854 bits per heavy atom. The molecule has 2 heterocycles. The lowest BCUT2D eigenvalue weighted by Gasteiger charge is -2.47. The van der Waals surface area contributed by atoms with Gasteiger partial charge in [-0.05, 0) is 90.7 Å². The Labute approximate surface area is 282 Å². The summed E-state index contributed by atoms with van der Waals surface area (Å²) >= 11 is 0. The van der Waals surface area contributed by atoms with Gasteiger partial charge in [0.1, 0.15) is 30.2 Å². The van der Waals surface area contributed by atoms with Crippen LogP contribution in [0.25, 0.3) is 0 Å². The second-order valence-corrected chi connectivity index (χ2v) is 15.4. The second kappa shape index (κ2) is 13.9. The van der Waals surface area contributed by atoms with Gasteiger partial charge in [0, 0.05) is 49.8 Å². The first-order valence-electron chi connectivity index (χ1n) is 16.9. The molecule has 1 spiro atoms. The summed E-state index contributed by atoms with van der Waals surface area (Å²) < 4.78 is 46.7. The average Bonchev–Trinajstić information content (AvgIpc) is 3.79. The summed E-state index contributed by atoms with van der Waals surface area (Å²) in [6.07, 6.45) is 2.79. The number of hydrogen-bond donors (Lipinski definition) is 0. The minimum Gasteiger partial charge on any atom is -0.486 e. The fourth-order valence-corrected chi connectivity index (χ4v) is 6.70. The summed E-state index contributed by atoms with van der Waals surface area (Å²) in [4.78, 5) is 44.7. The number of halogens is 2. The zero-order chi connectivity index (χ0) is 34.9. The third-order valence-corrected chi connectivity index (χ3v) is 9.41. The summed E-state index contributed by atoms with van der Waals surface area (Å²) in [7, 11) is 0. The highest BCUT2D eigenvalue weighted by molar-refractivity contribution is 5.83. The molecular formula is C37H49F2N3O6. The zero-order valence-electron chi connectivity index (χ0n) is 29.0. The number of benzene rings is 2. The van der Waals surface area contributed by atoms with Gasteiger partial charge in [0.15, 0.2) is 11.6 Å². The van der Waals surface area contributed by atoms with Crippen molar-refractivity contribution in [2.75, 3.05) is 32.7 Å². The van der Waals surface area contributed by atoms with Crippen molar-refractivity contribution >= 4 is 18.1 Å². The minimum atomic E-state index is -0.814. The molecule has 9 nitrogen and oxygen atoms in total. The Bertz CT molecular complexity index is 1470. The molecular weight excluding hydrogens is 620 g/mol. The van der Waals surface area contributed by atoms with Gasteiger partial charge in [-0.2, -0.15) is 0 Å². The normalized spacial score (nSPS) is 20.7. The Balaban J connectivity index is 1.24. The third-order valence-electron chi connectivity index (χ3n) is 9.41. The second-order valence-electron chi connectivity index (χ2n) is 15.4. The molecule has 2 atom stereocenters. The van der Waals surface area contributed by atoms with Crippen molar-refractivity contribution in [3.8, 4) is 5.75 Å². The van der Waals surface area contributed by atoms with Gasteiger partial charge >= 0.3 is 12.2 Å². The van der Waals surface area contributed by atoms with E-state index in [1.807, 2.05) is 51.1 Å². The molecule has 2 aliphatic heterocycles. The highest BCUT2D eigenvalue weighted by Gasteiger charge is 2.49. The number of likely N-dealkylation sites (tertiary alicyclic amines) is 2. The first-order chi connectivity index (χ1) is 22.5. The van der Waals surface area contributed by atoms with Gasteiger partial charge in [0.05, 0.1) is 0 Å². The number of nitrogens with zero attached hydrogens (tertiary/aromatic N) is 3. The predicted octanol–water partition coefficient (Wildman–Crippen LogP) is 7.28. The van der Waals surface area contributed by atoms with E-state index in [2.05, 4.69) is 0 Å². The standard InChI is InChI=1S/C37H49F2N3O6/c1-35(2,3)47-33(44)41-18-14-37(15-19-41)12-16-40(17-13-37)31(43)23-42(34(45)48-36(4,5)6)30-22-27(30)28-20-26(38)21-29(39)32(28)46-24-25-10-8-7-9-11-25/h7-11,20-21,27,30H,12-19,22-24H2,1-6H3/t27-,30+/m0/s1. The van der Waals surface area contributed by atoms with Gasteiger partial charge in [0.25, 0.3) is 0 Å². The molecule has 5 rings (SSSR count). The summed E-state index contributed by atoms with van der Waals surface area (Å²) in [5.41, 5.74) is -0.135. The van der Waals surface area contributed by atoms with E-state index in [-0.39, 0.29) is 36.3 Å². The van der Waals surface area contributed by atoms with Crippen LogP contribution in [0.4, 0.5) is 18.4 Å². The van der Waals surface area contributed by atoms with Crippen LogP contribution in [0.15, 0.2) is 42.5 Å². The van der Waals surface area contributed by atoms with Crippen LogP contribution in [-0.2, 0) is 20.9 Å². The molecule has 2 aromatic rings. The Morgan fingerprint density at radius 3 is 2.02 bits per heavy atom. The van der Waals surface area contributed by atoms with E-state index in [9.17, 15) is 18.8 Å². The smallest absolute Gasteiger partial charge is 0.411 e. The van der Waals surface area contributed by atoms with Crippen molar-refractivity contribution in [3.63, 3.8) is 0 Å². The lowest BCUT2D eigenvalue weighted by atomic mass is 9.71. The molecule has 0 unspecified atom stereocenters. The van der Waals surface area contributed by atoms with Crippen LogP contribution in [0.1, 0.15) is 90.7 Å². The maximum Gasteiger partial charge on any atom is 0.411 e. The lowest BCUT2D eigenvalue weighted by molar-refractivity contribution is -0.135. The van der Waals surface area contributed by atoms with E-state index < -0.39 is 40.9 Å². The van der Waals surface area contributed by atoms with E-state index in [0.717, 1.165) is 37.3 Å². The summed E-state index contributed by atoms with van der Waals surface area (Å²) in [5.74, 6) is -2.23. The van der Waals surface area contributed by atoms with E-state index in [1.165, 1.54) is 11.0 Å². The first-order valence-corrected chi connectivity index (χ1v) is 16.9. The van der Waals surface area contributed by atoms with Gasteiger partial charge < -0.3 is 24.0 Å². The lowest BCUT2D eigenvalue weighted by Crippen LogP contribution is -2.52. The zero-order valence-corrected chi connectivity index (χ0v) is 29.0. The molecule has 3 aliphatic rings. The van der Waals surface area contributed by atoms with Gasteiger partial charge in [-0.25, -0.2) is 18.4 Å². The molecule has 48 heavy (non-hydrogen) atoms. The molecule has 11 heteroatoms. The van der Waals surface area contributed by atoms with Gasteiger partial charge in [-0.15, -0.1) is 0 Å². The number of carbonyl (C=O) groups is 3. The number of hydrogen-bond acceptors (Lipinski definition) is 6. The highest BCUT2D eigenvalue weighted by atomic mass is 19.1. The van der Waals surface area contributed by atoms with Crippen LogP contribution in [0.2, 0.25) is 0 Å². The van der Waals surface area contributed by atoms with Crippen LogP contribution >= 0.6 is 0 Å². The average molecular weight is 670 g/mol. The quantitative estimate of drug-likeness (QED) is 0.308. The molecule has 3 fully saturated rings.